The molecule has 0 N–H and O–H groups in total. The number of halogens is 1. The maximum Gasteiger partial charge on any atom is 0.410 e. The van der Waals surface area contributed by atoms with Crippen LogP contribution in [-0.4, -0.2) is 42.8 Å². The first-order valence-corrected chi connectivity index (χ1v) is 9.41. The molecule has 4 nitrogen and oxygen atoms in total. The van der Waals surface area contributed by atoms with Crippen molar-refractivity contribution in [3.63, 3.8) is 0 Å². The van der Waals surface area contributed by atoms with Crippen LogP contribution < -0.4 is 4.90 Å². The molecule has 1 aliphatic rings. The summed E-state index contributed by atoms with van der Waals surface area (Å²) in [6.45, 7) is 11.5. The van der Waals surface area contributed by atoms with Gasteiger partial charge >= 0.3 is 6.09 Å². The van der Waals surface area contributed by atoms with Crippen LogP contribution in [0.1, 0.15) is 45.2 Å². The average molecular weight is 397 g/mol. The van der Waals surface area contributed by atoms with Crippen molar-refractivity contribution < 1.29 is 9.53 Å². The Bertz CT molecular complexity index is 610. The lowest BCUT2D eigenvalue weighted by Crippen LogP contribution is -2.39. The van der Waals surface area contributed by atoms with Gasteiger partial charge in [-0.25, -0.2) is 4.79 Å². The molecule has 0 aromatic heterocycles. The summed E-state index contributed by atoms with van der Waals surface area (Å²) in [6.07, 6.45) is 1.77. The quantitative estimate of drug-likeness (QED) is 0.737. The van der Waals surface area contributed by atoms with E-state index < -0.39 is 5.60 Å². The average Bonchev–Trinajstić information content (AvgIpc) is 2.96. The van der Waals surface area contributed by atoms with E-state index in [1.807, 2.05) is 25.7 Å². The van der Waals surface area contributed by atoms with Gasteiger partial charge in [-0.3, -0.25) is 0 Å². The minimum absolute atomic E-state index is 0.210. The number of likely N-dealkylation sites (N-methyl/N-ethyl adjacent to an activating group) is 1. The molecule has 1 aliphatic heterocycles. The molecule has 1 fully saturated rings. The first-order chi connectivity index (χ1) is 11.1. The smallest absolute Gasteiger partial charge is 0.410 e. The van der Waals surface area contributed by atoms with Gasteiger partial charge in [-0.15, -0.1) is 0 Å². The van der Waals surface area contributed by atoms with Gasteiger partial charge < -0.3 is 14.5 Å². The van der Waals surface area contributed by atoms with Gasteiger partial charge in [0.15, 0.2) is 0 Å². The lowest BCUT2D eigenvalue weighted by Gasteiger charge is -2.30. The fourth-order valence-electron chi connectivity index (χ4n) is 3.20. The number of amides is 1. The molecule has 0 spiro atoms. The molecular weight excluding hydrogens is 368 g/mol. The largest absolute Gasteiger partial charge is 0.444 e. The molecule has 0 saturated carbocycles. The second-order valence-electron chi connectivity index (χ2n) is 7.54. The van der Waals surface area contributed by atoms with E-state index in [-0.39, 0.29) is 6.09 Å². The van der Waals surface area contributed by atoms with Crippen molar-refractivity contribution in [2.24, 2.45) is 0 Å². The third-order valence-electron chi connectivity index (χ3n) is 4.58. The number of benzene rings is 1. The number of carbonyl (C=O) groups excluding carboxylic acids is 1. The minimum Gasteiger partial charge on any atom is -0.444 e. The number of carbonyl (C=O) groups is 1. The fraction of sp³-hybridized carbons (Fsp3) is 0.632. The van der Waals surface area contributed by atoms with Gasteiger partial charge in [0.1, 0.15) is 5.60 Å². The number of hydrogen-bond acceptors (Lipinski definition) is 3. The van der Waals surface area contributed by atoms with Crippen molar-refractivity contribution in [3.8, 4) is 0 Å². The molecule has 0 aliphatic carbocycles. The number of rotatable bonds is 3. The van der Waals surface area contributed by atoms with Crippen LogP contribution in [0.5, 0.6) is 0 Å². The summed E-state index contributed by atoms with van der Waals surface area (Å²) < 4.78 is 6.60. The number of likely N-dealkylation sites (tertiary alicyclic amines) is 1. The van der Waals surface area contributed by atoms with Crippen molar-refractivity contribution in [3.05, 3.63) is 27.7 Å². The Balaban J connectivity index is 2.11. The molecule has 1 atom stereocenters. The maximum atomic E-state index is 12.3. The maximum absolute atomic E-state index is 12.3. The van der Waals surface area contributed by atoms with E-state index >= 15 is 0 Å². The Morgan fingerprint density at radius 2 is 2.08 bits per heavy atom. The summed E-state index contributed by atoms with van der Waals surface area (Å²) in [7, 11) is 2.12. The standard InChI is InChI=1S/C19H29BrN2O2/c1-7-14-10-15(20)11-17(13(14)2)21(6)16-8-9-22(12-16)18(23)24-19(3,4)5/h10-11,16H,7-9,12H2,1-6H3. The monoisotopic (exact) mass is 396 g/mol. The van der Waals surface area contributed by atoms with Crippen LogP contribution in [0, 0.1) is 6.92 Å². The molecule has 0 bridgehead atoms. The number of hydrogen-bond donors (Lipinski definition) is 0. The molecule has 134 valence electrons. The summed E-state index contributed by atoms with van der Waals surface area (Å²) in [5.41, 5.74) is 3.46. The van der Waals surface area contributed by atoms with Crippen molar-refractivity contribution in [1.82, 2.24) is 4.90 Å². The zero-order chi connectivity index (χ0) is 18.1. The van der Waals surface area contributed by atoms with Gasteiger partial charge in [0, 0.05) is 36.3 Å². The van der Waals surface area contributed by atoms with Crippen LogP contribution in [0.3, 0.4) is 0 Å². The zero-order valence-corrected chi connectivity index (χ0v) is 17.2. The highest BCUT2D eigenvalue weighted by Crippen LogP contribution is 2.31. The molecule has 24 heavy (non-hydrogen) atoms. The highest BCUT2D eigenvalue weighted by molar-refractivity contribution is 9.10. The number of aryl methyl sites for hydroxylation is 1. The first kappa shape index (κ1) is 19.1. The summed E-state index contributed by atoms with van der Waals surface area (Å²) in [6, 6.07) is 4.68. The van der Waals surface area contributed by atoms with Gasteiger partial charge in [-0.05, 0) is 63.8 Å². The Hall–Kier alpha value is -1.23. The molecule has 2 rings (SSSR count). The third-order valence-corrected chi connectivity index (χ3v) is 5.03. The molecule has 1 aromatic rings. The number of nitrogens with zero attached hydrogens (tertiary/aromatic N) is 2. The van der Waals surface area contributed by atoms with Gasteiger partial charge in [-0.1, -0.05) is 22.9 Å². The lowest BCUT2D eigenvalue weighted by atomic mass is 10.0. The van der Waals surface area contributed by atoms with Crippen molar-refractivity contribution >= 4 is 27.7 Å². The van der Waals surface area contributed by atoms with Crippen LogP contribution >= 0.6 is 15.9 Å². The van der Waals surface area contributed by atoms with Crippen LogP contribution in [0.25, 0.3) is 0 Å². The second kappa shape index (κ2) is 7.34. The van der Waals surface area contributed by atoms with Gasteiger partial charge in [0.2, 0.25) is 0 Å². The summed E-state index contributed by atoms with van der Waals surface area (Å²) in [5.74, 6) is 0. The van der Waals surface area contributed by atoms with Crippen LogP contribution in [0.4, 0.5) is 10.5 Å². The van der Waals surface area contributed by atoms with Gasteiger partial charge in [-0.2, -0.15) is 0 Å². The van der Waals surface area contributed by atoms with Crippen LogP contribution in [-0.2, 0) is 11.2 Å². The molecule has 0 radical (unpaired) electrons. The molecule has 1 saturated heterocycles. The molecule has 1 amide bonds. The van der Waals surface area contributed by atoms with E-state index in [9.17, 15) is 4.79 Å². The predicted octanol–water partition coefficient (Wildman–Crippen LogP) is 4.77. The van der Waals surface area contributed by atoms with E-state index in [2.05, 4.69) is 53.9 Å². The molecule has 1 unspecified atom stereocenters. The second-order valence-corrected chi connectivity index (χ2v) is 8.46. The SMILES string of the molecule is CCc1cc(Br)cc(N(C)C2CCN(C(=O)OC(C)(C)C)C2)c1C. The van der Waals surface area contributed by atoms with E-state index in [4.69, 9.17) is 4.74 Å². The van der Waals surface area contributed by atoms with E-state index in [1.54, 1.807) is 0 Å². The summed E-state index contributed by atoms with van der Waals surface area (Å²) >= 11 is 3.62. The molecule has 1 aromatic carbocycles. The van der Waals surface area contributed by atoms with Gasteiger partial charge in [0.25, 0.3) is 0 Å². The van der Waals surface area contributed by atoms with E-state index in [0.717, 1.165) is 23.9 Å². The normalized spacial score (nSPS) is 18.0. The van der Waals surface area contributed by atoms with Crippen molar-refractivity contribution in [1.29, 1.82) is 0 Å². The van der Waals surface area contributed by atoms with E-state index in [0.29, 0.717) is 12.6 Å². The Morgan fingerprint density at radius 3 is 2.67 bits per heavy atom. The minimum atomic E-state index is -0.446. The van der Waals surface area contributed by atoms with Gasteiger partial charge in [0.05, 0.1) is 0 Å². The Kier molecular flexibility index (Phi) is 5.84. The zero-order valence-electron chi connectivity index (χ0n) is 15.6. The summed E-state index contributed by atoms with van der Waals surface area (Å²) in [4.78, 5) is 16.4. The highest BCUT2D eigenvalue weighted by atomic mass is 79.9. The van der Waals surface area contributed by atoms with Crippen LogP contribution in [0.2, 0.25) is 0 Å². The lowest BCUT2D eigenvalue weighted by molar-refractivity contribution is 0.0292. The number of anilines is 1. The van der Waals surface area contributed by atoms with Crippen molar-refractivity contribution in [2.45, 2.75) is 59.1 Å². The Labute approximate surface area is 154 Å². The van der Waals surface area contributed by atoms with E-state index in [1.165, 1.54) is 16.8 Å². The molecule has 1 heterocycles. The highest BCUT2D eigenvalue weighted by Gasteiger charge is 2.32. The van der Waals surface area contributed by atoms with Crippen molar-refractivity contribution in [2.75, 3.05) is 25.0 Å². The number of ether oxygens (including phenoxy) is 1. The first-order valence-electron chi connectivity index (χ1n) is 8.62. The topological polar surface area (TPSA) is 32.8 Å². The molecular formula is C19H29BrN2O2. The third kappa shape index (κ3) is 4.44. The Morgan fingerprint density at radius 1 is 1.42 bits per heavy atom. The molecule has 5 heteroatoms. The fourth-order valence-corrected chi connectivity index (χ4v) is 3.69. The van der Waals surface area contributed by atoms with Crippen LogP contribution in [0.15, 0.2) is 16.6 Å². The summed E-state index contributed by atoms with van der Waals surface area (Å²) in [5, 5.41) is 0. The predicted molar refractivity (Wildman–Crippen MR) is 103 cm³/mol.